The number of hydrogen-bond donors (Lipinski definition) is 2. The molecule has 126 valence electrons. The molecule has 23 heavy (non-hydrogen) atoms. The van der Waals surface area contributed by atoms with Crippen molar-refractivity contribution in [3.63, 3.8) is 0 Å². The van der Waals surface area contributed by atoms with Gasteiger partial charge < -0.3 is 19.7 Å². The third-order valence-corrected chi connectivity index (χ3v) is 4.64. The van der Waals surface area contributed by atoms with E-state index in [1.54, 1.807) is 19.3 Å². The summed E-state index contributed by atoms with van der Waals surface area (Å²) in [6.07, 6.45) is 3.17. The predicted octanol–water partition coefficient (Wildman–Crippen LogP) is -0.661. The van der Waals surface area contributed by atoms with Gasteiger partial charge in [0.1, 0.15) is 0 Å². The van der Waals surface area contributed by atoms with Crippen LogP contribution >= 0.6 is 0 Å². The van der Waals surface area contributed by atoms with Crippen LogP contribution in [0, 0.1) is 0 Å². The molecule has 3 atom stereocenters. The van der Waals surface area contributed by atoms with Gasteiger partial charge in [0.2, 0.25) is 0 Å². The molecule has 1 amide bonds. The minimum atomic E-state index is -0.208. The van der Waals surface area contributed by atoms with E-state index < -0.39 is 0 Å². The quantitative estimate of drug-likeness (QED) is 0.769. The monoisotopic (exact) mass is 321 g/mol. The highest BCUT2D eigenvalue weighted by Crippen LogP contribution is 2.24. The predicted molar refractivity (Wildman–Crippen MR) is 84.4 cm³/mol. The van der Waals surface area contributed by atoms with Crippen molar-refractivity contribution < 1.29 is 14.6 Å². The van der Waals surface area contributed by atoms with Crippen molar-refractivity contribution in [3.8, 4) is 0 Å². The van der Waals surface area contributed by atoms with E-state index >= 15 is 0 Å². The number of morpholine rings is 1. The summed E-state index contributed by atoms with van der Waals surface area (Å²) < 4.78 is 7.18. The molecular formula is C16H23N3O4. The van der Waals surface area contributed by atoms with E-state index in [2.05, 4.69) is 10.2 Å². The lowest BCUT2D eigenvalue weighted by atomic mass is 10.1. The Hall–Kier alpha value is -1.70. The maximum Gasteiger partial charge on any atom is 0.251 e. The van der Waals surface area contributed by atoms with Gasteiger partial charge in [-0.25, -0.2) is 0 Å². The Bertz CT molecular complexity index is 630. The second-order valence-electron chi connectivity index (χ2n) is 6.35. The average molecular weight is 321 g/mol. The third-order valence-electron chi connectivity index (χ3n) is 4.64. The molecule has 7 nitrogen and oxygen atoms in total. The summed E-state index contributed by atoms with van der Waals surface area (Å²) in [7, 11) is 1.65. The van der Waals surface area contributed by atoms with E-state index in [9.17, 15) is 9.59 Å². The number of carbonyl (C=O) groups is 1. The van der Waals surface area contributed by atoms with Gasteiger partial charge in [-0.15, -0.1) is 0 Å². The van der Waals surface area contributed by atoms with E-state index in [-0.39, 0.29) is 30.2 Å². The van der Waals surface area contributed by atoms with Crippen LogP contribution in [0.25, 0.3) is 0 Å². The number of carbonyl (C=O) groups excluding carboxylic acids is 1. The second kappa shape index (κ2) is 6.82. The molecule has 2 N–H and O–H groups in total. The van der Waals surface area contributed by atoms with Crippen LogP contribution in [0.15, 0.2) is 23.1 Å². The van der Waals surface area contributed by atoms with Gasteiger partial charge in [0.25, 0.3) is 11.5 Å². The summed E-state index contributed by atoms with van der Waals surface area (Å²) >= 11 is 0. The number of amides is 1. The minimum absolute atomic E-state index is 0.0630. The Morgan fingerprint density at radius 2 is 2.30 bits per heavy atom. The minimum Gasteiger partial charge on any atom is -0.396 e. The summed E-state index contributed by atoms with van der Waals surface area (Å²) in [4.78, 5) is 26.2. The van der Waals surface area contributed by atoms with E-state index in [1.807, 2.05) is 0 Å². The largest absolute Gasteiger partial charge is 0.396 e. The van der Waals surface area contributed by atoms with Gasteiger partial charge in [0, 0.05) is 56.7 Å². The van der Waals surface area contributed by atoms with Crippen LogP contribution in [0.3, 0.4) is 0 Å². The van der Waals surface area contributed by atoms with Gasteiger partial charge in [-0.2, -0.15) is 0 Å². The van der Waals surface area contributed by atoms with Crippen molar-refractivity contribution in [2.45, 2.75) is 31.0 Å². The first-order chi connectivity index (χ1) is 11.1. The number of aryl methyl sites for hydroxylation is 1. The van der Waals surface area contributed by atoms with Crippen LogP contribution < -0.4 is 10.9 Å². The summed E-state index contributed by atoms with van der Waals surface area (Å²) in [5.74, 6) is -0.208. The fourth-order valence-corrected chi connectivity index (χ4v) is 3.32. The maximum atomic E-state index is 12.3. The topological polar surface area (TPSA) is 83.8 Å². The molecule has 3 rings (SSSR count). The number of nitrogens with one attached hydrogen (secondary N) is 1. The van der Waals surface area contributed by atoms with Gasteiger partial charge in [-0.3, -0.25) is 14.5 Å². The highest BCUT2D eigenvalue weighted by Gasteiger charge is 2.37. The maximum absolute atomic E-state index is 12.3. The first-order valence-corrected chi connectivity index (χ1v) is 8.01. The molecule has 2 aliphatic heterocycles. The average Bonchev–Trinajstić information content (AvgIpc) is 2.91. The molecule has 0 radical (unpaired) electrons. The normalized spacial score (nSPS) is 27.7. The van der Waals surface area contributed by atoms with E-state index in [1.165, 1.54) is 10.6 Å². The standard InChI is InChI=1S/C16H23N3O4/c1-18-4-2-11(6-15(18)21)16(22)17-12-7-13-10-23-14(3-5-20)9-19(13)8-12/h2,4,6,12-14,20H,3,5,7-10H2,1H3,(H,17,22)/t12-,13+,14+/m1/s1. The Balaban J connectivity index is 1.58. The van der Waals surface area contributed by atoms with Gasteiger partial charge >= 0.3 is 0 Å². The number of aliphatic hydroxyl groups is 1. The molecule has 0 unspecified atom stereocenters. The van der Waals surface area contributed by atoms with Crippen LogP contribution in [-0.4, -0.2) is 65.0 Å². The molecule has 3 heterocycles. The lowest BCUT2D eigenvalue weighted by Gasteiger charge is -2.34. The van der Waals surface area contributed by atoms with E-state index in [4.69, 9.17) is 9.84 Å². The zero-order chi connectivity index (χ0) is 16.4. The molecule has 0 aliphatic carbocycles. The summed E-state index contributed by atoms with van der Waals surface area (Å²) in [5.41, 5.74) is 0.203. The molecule has 2 aliphatic rings. The number of aromatic nitrogens is 1. The molecule has 1 aromatic rings. The number of hydrogen-bond acceptors (Lipinski definition) is 5. The second-order valence-corrected chi connectivity index (χ2v) is 6.35. The van der Waals surface area contributed by atoms with E-state index in [0.717, 1.165) is 19.5 Å². The molecule has 0 saturated carbocycles. The van der Waals surface area contributed by atoms with Crippen LogP contribution in [-0.2, 0) is 11.8 Å². The molecule has 0 bridgehead atoms. The lowest BCUT2D eigenvalue weighted by Crippen LogP contribution is -2.46. The Labute approximate surface area is 134 Å². The molecule has 7 heteroatoms. The molecule has 0 spiro atoms. The fourth-order valence-electron chi connectivity index (χ4n) is 3.32. The summed E-state index contributed by atoms with van der Waals surface area (Å²) in [5, 5.41) is 12.0. The number of aliphatic hydroxyl groups excluding tert-OH is 1. The van der Waals surface area contributed by atoms with Crippen molar-refractivity contribution in [1.82, 2.24) is 14.8 Å². The number of pyridine rings is 1. The first kappa shape index (κ1) is 16.2. The van der Waals surface area contributed by atoms with Crippen LogP contribution in [0.5, 0.6) is 0 Å². The molecule has 2 saturated heterocycles. The Kier molecular flexibility index (Phi) is 4.79. The van der Waals surface area contributed by atoms with E-state index in [0.29, 0.717) is 24.6 Å². The number of nitrogens with zero attached hydrogens (tertiary/aromatic N) is 2. The first-order valence-electron chi connectivity index (χ1n) is 8.01. The van der Waals surface area contributed by atoms with Crippen molar-refractivity contribution in [1.29, 1.82) is 0 Å². The van der Waals surface area contributed by atoms with Gasteiger partial charge in [-0.1, -0.05) is 0 Å². The van der Waals surface area contributed by atoms with Crippen molar-refractivity contribution >= 4 is 5.91 Å². The van der Waals surface area contributed by atoms with Gasteiger partial charge in [-0.05, 0) is 18.9 Å². The van der Waals surface area contributed by atoms with Gasteiger partial charge in [0.15, 0.2) is 0 Å². The lowest BCUT2D eigenvalue weighted by molar-refractivity contribution is -0.0566. The highest BCUT2D eigenvalue weighted by atomic mass is 16.5. The SMILES string of the molecule is Cn1ccc(C(=O)N[C@@H]2C[C@H]3CO[C@@H](CCO)CN3C2)cc1=O. The number of fused-ring (bicyclic) bond motifs is 1. The van der Waals surface area contributed by atoms with Crippen LogP contribution in [0.2, 0.25) is 0 Å². The van der Waals surface area contributed by atoms with Crippen molar-refractivity contribution in [3.05, 3.63) is 34.2 Å². The summed E-state index contributed by atoms with van der Waals surface area (Å²) in [6.45, 7) is 2.35. The molecule has 1 aromatic heterocycles. The summed E-state index contributed by atoms with van der Waals surface area (Å²) in [6, 6.07) is 3.39. The van der Waals surface area contributed by atoms with Crippen LogP contribution in [0.4, 0.5) is 0 Å². The van der Waals surface area contributed by atoms with Crippen LogP contribution in [0.1, 0.15) is 23.2 Å². The zero-order valence-electron chi connectivity index (χ0n) is 13.3. The number of rotatable bonds is 4. The third kappa shape index (κ3) is 3.63. The molecule has 2 fully saturated rings. The van der Waals surface area contributed by atoms with Crippen molar-refractivity contribution in [2.24, 2.45) is 7.05 Å². The van der Waals surface area contributed by atoms with Gasteiger partial charge in [0.05, 0.1) is 12.7 Å². The highest BCUT2D eigenvalue weighted by molar-refractivity contribution is 5.94. The molecule has 0 aromatic carbocycles. The Morgan fingerprint density at radius 3 is 3.04 bits per heavy atom. The molecular weight excluding hydrogens is 298 g/mol. The van der Waals surface area contributed by atoms with Crippen molar-refractivity contribution in [2.75, 3.05) is 26.3 Å². The zero-order valence-corrected chi connectivity index (χ0v) is 13.3. The Morgan fingerprint density at radius 1 is 1.48 bits per heavy atom. The smallest absolute Gasteiger partial charge is 0.251 e. The fraction of sp³-hybridized carbons (Fsp3) is 0.625. The number of ether oxygens (including phenoxy) is 1.